The Kier molecular flexibility index (Phi) is 3.70. The summed E-state index contributed by atoms with van der Waals surface area (Å²) in [5, 5.41) is 0. The van der Waals surface area contributed by atoms with Gasteiger partial charge in [-0.3, -0.25) is 4.98 Å². The number of aromatic nitrogens is 1. The van der Waals surface area contributed by atoms with Crippen molar-refractivity contribution in [1.29, 1.82) is 0 Å². The SMILES string of the molecule is CCCOc1ccc(-c2cc(F)ccn2)cc1. The number of nitrogens with zero attached hydrogens (tertiary/aromatic N) is 1. The first kappa shape index (κ1) is 11.6. The maximum atomic E-state index is 13.0. The minimum Gasteiger partial charge on any atom is -0.494 e. The van der Waals surface area contributed by atoms with Crippen LogP contribution in [0.25, 0.3) is 11.3 Å². The summed E-state index contributed by atoms with van der Waals surface area (Å²) in [7, 11) is 0. The average molecular weight is 231 g/mol. The van der Waals surface area contributed by atoms with Crippen LogP contribution in [0.2, 0.25) is 0 Å². The second-order valence-electron chi connectivity index (χ2n) is 3.73. The van der Waals surface area contributed by atoms with E-state index in [0.717, 1.165) is 17.7 Å². The highest BCUT2D eigenvalue weighted by Gasteiger charge is 2.01. The number of hydrogen-bond acceptors (Lipinski definition) is 2. The van der Waals surface area contributed by atoms with Crippen LogP contribution in [0.15, 0.2) is 42.6 Å². The van der Waals surface area contributed by atoms with Gasteiger partial charge < -0.3 is 4.74 Å². The van der Waals surface area contributed by atoms with Crippen molar-refractivity contribution in [2.24, 2.45) is 0 Å². The molecule has 0 saturated heterocycles. The van der Waals surface area contributed by atoms with Gasteiger partial charge >= 0.3 is 0 Å². The van der Waals surface area contributed by atoms with E-state index < -0.39 is 0 Å². The fraction of sp³-hybridized carbons (Fsp3) is 0.214. The molecule has 1 heterocycles. The van der Waals surface area contributed by atoms with Crippen molar-refractivity contribution in [3.63, 3.8) is 0 Å². The van der Waals surface area contributed by atoms with Gasteiger partial charge in [0.05, 0.1) is 12.3 Å². The highest BCUT2D eigenvalue weighted by Crippen LogP contribution is 2.21. The second kappa shape index (κ2) is 5.43. The lowest BCUT2D eigenvalue weighted by molar-refractivity contribution is 0.317. The summed E-state index contributed by atoms with van der Waals surface area (Å²) in [4.78, 5) is 4.12. The van der Waals surface area contributed by atoms with Crippen molar-refractivity contribution in [2.45, 2.75) is 13.3 Å². The summed E-state index contributed by atoms with van der Waals surface area (Å²) < 4.78 is 18.5. The molecule has 0 N–H and O–H groups in total. The number of pyridine rings is 1. The highest BCUT2D eigenvalue weighted by atomic mass is 19.1. The maximum Gasteiger partial charge on any atom is 0.126 e. The van der Waals surface area contributed by atoms with Crippen molar-refractivity contribution < 1.29 is 9.13 Å². The van der Waals surface area contributed by atoms with Gasteiger partial charge in [0, 0.05) is 17.8 Å². The fourth-order valence-electron chi connectivity index (χ4n) is 1.50. The van der Waals surface area contributed by atoms with Crippen LogP contribution in [-0.4, -0.2) is 11.6 Å². The van der Waals surface area contributed by atoms with Crippen LogP contribution < -0.4 is 4.74 Å². The zero-order chi connectivity index (χ0) is 12.1. The quantitative estimate of drug-likeness (QED) is 0.800. The zero-order valence-electron chi connectivity index (χ0n) is 9.69. The minimum absolute atomic E-state index is 0.277. The molecule has 1 aromatic carbocycles. The molecule has 0 aliphatic heterocycles. The first-order valence-electron chi connectivity index (χ1n) is 5.64. The van der Waals surface area contributed by atoms with Gasteiger partial charge in [0.15, 0.2) is 0 Å². The summed E-state index contributed by atoms with van der Waals surface area (Å²) in [6.45, 7) is 2.77. The number of benzene rings is 1. The van der Waals surface area contributed by atoms with E-state index in [0.29, 0.717) is 12.3 Å². The number of hydrogen-bond donors (Lipinski definition) is 0. The molecular weight excluding hydrogens is 217 g/mol. The molecule has 2 aromatic rings. The van der Waals surface area contributed by atoms with Gasteiger partial charge in [-0.15, -0.1) is 0 Å². The monoisotopic (exact) mass is 231 g/mol. The standard InChI is InChI=1S/C14H14FNO/c1-2-9-17-13-5-3-11(4-6-13)14-10-12(15)7-8-16-14/h3-8,10H,2,9H2,1H3. The molecule has 2 rings (SSSR count). The molecule has 3 heteroatoms. The summed E-state index contributed by atoms with van der Waals surface area (Å²) in [6.07, 6.45) is 2.44. The van der Waals surface area contributed by atoms with Crippen molar-refractivity contribution in [3.8, 4) is 17.0 Å². The van der Waals surface area contributed by atoms with Crippen LogP contribution in [-0.2, 0) is 0 Å². The largest absolute Gasteiger partial charge is 0.494 e. The van der Waals surface area contributed by atoms with Gasteiger partial charge in [-0.2, -0.15) is 0 Å². The van der Waals surface area contributed by atoms with Gasteiger partial charge in [0.2, 0.25) is 0 Å². The molecule has 0 aliphatic rings. The first-order chi connectivity index (χ1) is 8.29. The number of ether oxygens (including phenoxy) is 1. The van der Waals surface area contributed by atoms with E-state index in [1.165, 1.54) is 18.3 Å². The third-order valence-corrected chi connectivity index (χ3v) is 2.34. The molecule has 17 heavy (non-hydrogen) atoms. The third-order valence-electron chi connectivity index (χ3n) is 2.34. The second-order valence-corrected chi connectivity index (χ2v) is 3.73. The predicted molar refractivity (Wildman–Crippen MR) is 65.4 cm³/mol. The van der Waals surface area contributed by atoms with Crippen LogP contribution in [0.4, 0.5) is 4.39 Å². The Morgan fingerprint density at radius 3 is 2.59 bits per heavy atom. The molecular formula is C14H14FNO. The average Bonchev–Trinajstić information content (AvgIpc) is 2.37. The molecule has 0 amide bonds. The molecule has 0 atom stereocenters. The molecule has 0 radical (unpaired) electrons. The normalized spacial score (nSPS) is 10.2. The van der Waals surface area contributed by atoms with Crippen molar-refractivity contribution in [1.82, 2.24) is 4.98 Å². The third kappa shape index (κ3) is 3.03. The smallest absolute Gasteiger partial charge is 0.126 e. The van der Waals surface area contributed by atoms with E-state index >= 15 is 0 Å². The first-order valence-corrected chi connectivity index (χ1v) is 5.64. The van der Waals surface area contributed by atoms with E-state index in [1.807, 2.05) is 24.3 Å². The lowest BCUT2D eigenvalue weighted by Crippen LogP contribution is -1.94. The molecule has 1 aromatic heterocycles. The Morgan fingerprint density at radius 1 is 1.18 bits per heavy atom. The Bertz CT molecular complexity index is 482. The molecule has 0 aliphatic carbocycles. The van der Waals surface area contributed by atoms with E-state index in [4.69, 9.17) is 4.74 Å². The summed E-state index contributed by atoms with van der Waals surface area (Å²) in [6, 6.07) is 10.3. The van der Waals surface area contributed by atoms with Gasteiger partial charge in [-0.25, -0.2) is 4.39 Å². The Morgan fingerprint density at radius 2 is 1.94 bits per heavy atom. The number of halogens is 1. The molecule has 0 spiro atoms. The van der Waals surface area contributed by atoms with Crippen molar-refractivity contribution in [3.05, 3.63) is 48.4 Å². The van der Waals surface area contributed by atoms with E-state index in [2.05, 4.69) is 11.9 Å². The summed E-state index contributed by atoms with van der Waals surface area (Å²) in [5.41, 5.74) is 1.51. The van der Waals surface area contributed by atoms with Crippen LogP contribution in [0.1, 0.15) is 13.3 Å². The Hall–Kier alpha value is -1.90. The zero-order valence-corrected chi connectivity index (χ0v) is 9.69. The summed E-state index contributed by atoms with van der Waals surface area (Å²) in [5.74, 6) is 0.549. The van der Waals surface area contributed by atoms with E-state index in [-0.39, 0.29) is 5.82 Å². The van der Waals surface area contributed by atoms with Crippen molar-refractivity contribution in [2.75, 3.05) is 6.61 Å². The van der Waals surface area contributed by atoms with Gasteiger partial charge in [0.1, 0.15) is 11.6 Å². The highest BCUT2D eigenvalue weighted by molar-refractivity contribution is 5.59. The van der Waals surface area contributed by atoms with E-state index in [9.17, 15) is 4.39 Å². The fourth-order valence-corrected chi connectivity index (χ4v) is 1.50. The Balaban J connectivity index is 2.17. The van der Waals surface area contributed by atoms with Gasteiger partial charge in [0.25, 0.3) is 0 Å². The number of rotatable bonds is 4. The maximum absolute atomic E-state index is 13.0. The minimum atomic E-state index is -0.277. The predicted octanol–water partition coefficient (Wildman–Crippen LogP) is 3.68. The molecule has 0 bridgehead atoms. The van der Waals surface area contributed by atoms with Gasteiger partial charge in [-0.05, 0) is 36.8 Å². The molecule has 0 saturated carbocycles. The van der Waals surface area contributed by atoms with Gasteiger partial charge in [-0.1, -0.05) is 6.92 Å². The lowest BCUT2D eigenvalue weighted by Gasteiger charge is -2.05. The molecule has 88 valence electrons. The van der Waals surface area contributed by atoms with Crippen LogP contribution in [0.5, 0.6) is 5.75 Å². The molecule has 2 nitrogen and oxygen atoms in total. The Labute approximate surface area is 100 Å². The summed E-state index contributed by atoms with van der Waals surface area (Å²) >= 11 is 0. The topological polar surface area (TPSA) is 22.1 Å². The molecule has 0 fully saturated rings. The van der Waals surface area contributed by atoms with Crippen molar-refractivity contribution >= 4 is 0 Å². The van der Waals surface area contributed by atoms with Crippen LogP contribution >= 0.6 is 0 Å². The van der Waals surface area contributed by atoms with Crippen LogP contribution in [0.3, 0.4) is 0 Å². The van der Waals surface area contributed by atoms with E-state index in [1.54, 1.807) is 0 Å². The lowest BCUT2D eigenvalue weighted by atomic mass is 10.1. The van der Waals surface area contributed by atoms with Crippen LogP contribution in [0, 0.1) is 5.82 Å². The molecule has 0 unspecified atom stereocenters.